The zero-order valence-corrected chi connectivity index (χ0v) is 25.3. The van der Waals surface area contributed by atoms with Crippen LogP contribution in [0, 0.1) is 0 Å². The van der Waals surface area contributed by atoms with Crippen LogP contribution in [0.5, 0.6) is 0 Å². The summed E-state index contributed by atoms with van der Waals surface area (Å²) in [6, 6.07) is 30.8. The molecule has 40 heavy (non-hydrogen) atoms. The predicted molar refractivity (Wildman–Crippen MR) is 164 cm³/mol. The summed E-state index contributed by atoms with van der Waals surface area (Å²) >= 11 is 0. The van der Waals surface area contributed by atoms with Gasteiger partial charge < -0.3 is 18.6 Å². The number of hydrogen-bond donors (Lipinski definition) is 0. The molecule has 0 spiro atoms. The summed E-state index contributed by atoms with van der Waals surface area (Å²) in [6.45, 7) is 11.7. The zero-order chi connectivity index (χ0) is 28.8. The molecular formula is C34H42O5Si. The minimum absolute atomic E-state index is 0.140. The van der Waals surface area contributed by atoms with Crippen LogP contribution in [0.15, 0.2) is 115 Å². The molecule has 0 aliphatic heterocycles. The van der Waals surface area contributed by atoms with Crippen molar-refractivity contribution < 1.29 is 23.4 Å². The summed E-state index contributed by atoms with van der Waals surface area (Å²) < 4.78 is 23.9. The lowest BCUT2D eigenvalue weighted by Crippen LogP contribution is -2.66. The van der Waals surface area contributed by atoms with Gasteiger partial charge in [0.1, 0.15) is 6.61 Å². The Morgan fingerprint density at radius 1 is 0.775 bits per heavy atom. The molecule has 0 saturated carbocycles. The van der Waals surface area contributed by atoms with E-state index in [0.717, 1.165) is 5.56 Å². The molecule has 212 valence electrons. The Bertz CT molecular complexity index is 1180. The third-order valence-electron chi connectivity index (χ3n) is 6.36. The van der Waals surface area contributed by atoms with E-state index >= 15 is 0 Å². The Balaban J connectivity index is 1.74. The molecule has 0 heterocycles. The van der Waals surface area contributed by atoms with Crippen LogP contribution in [0.1, 0.15) is 40.2 Å². The molecule has 6 heteroatoms. The van der Waals surface area contributed by atoms with Crippen LogP contribution in [0.3, 0.4) is 0 Å². The van der Waals surface area contributed by atoms with Crippen molar-refractivity contribution in [2.45, 2.75) is 52.4 Å². The summed E-state index contributed by atoms with van der Waals surface area (Å²) in [6.07, 6.45) is 5.15. The minimum atomic E-state index is -2.75. The number of carbonyl (C=O) groups is 1. The Morgan fingerprint density at radius 3 is 1.82 bits per heavy atom. The molecule has 0 unspecified atom stereocenters. The maximum Gasteiger partial charge on any atom is 0.373 e. The average Bonchev–Trinajstić information content (AvgIpc) is 2.94. The lowest BCUT2D eigenvalue weighted by Gasteiger charge is -2.42. The Morgan fingerprint density at radius 2 is 1.30 bits per heavy atom. The SMILES string of the molecule is CC(C)OC(=O)/C(=C\CO[Si](c1ccccc1)(c1ccccc1)C(C)(C)C)OC/C=C/COCc1ccccc1. The van der Waals surface area contributed by atoms with Gasteiger partial charge in [-0.2, -0.15) is 0 Å². The van der Waals surface area contributed by atoms with Crippen LogP contribution in [0.25, 0.3) is 0 Å². The molecule has 3 aromatic rings. The maximum absolute atomic E-state index is 12.9. The maximum atomic E-state index is 12.9. The third-order valence-corrected chi connectivity index (χ3v) is 11.4. The first-order valence-corrected chi connectivity index (χ1v) is 15.7. The molecule has 3 aromatic carbocycles. The van der Waals surface area contributed by atoms with Gasteiger partial charge in [0.25, 0.3) is 8.32 Å². The minimum Gasteiger partial charge on any atom is -0.482 e. The molecule has 0 saturated heterocycles. The summed E-state index contributed by atoms with van der Waals surface area (Å²) in [7, 11) is -2.75. The first kappa shape index (κ1) is 31.1. The molecule has 0 amide bonds. The highest BCUT2D eigenvalue weighted by atomic mass is 28.4. The van der Waals surface area contributed by atoms with E-state index in [4.69, 9.17) is 18.6 Å². The second-order valence-corrected chi connectivity index (χ2v) is 15.1. The first-order chi connectivity index (χ1) is 19.2. The Hall–Kier alpha value is -3.45. The van der Waals surface area contributed by atoms with E-state index in [-0.39, 0.29) is 30.1 Å². The molecule has 3 rings (SSSR count). The Labute approximate surface area is 240 Å². The van der Waals surface area contributed by atoms with Crippen molar-refractivity contribution in [3.05, 3.63) is 121 Å². The Kier molecular flexibility index (Phi) is 11.9. The number of ether oxygens (including phenoxy) is 3. The van der Waals surface area contributed by atoms with Gasteiger partial charge in [0.15, 0.2) is 0 Å². The van der Waals surface area contributed by atoms with Gasteiger partial charge in [-0.05, 0) is 47.0 Å². The van der Waals surface area contributed by atoms with Gasteiger partial charge >= 0.3 is 5.97 Å². The van der Waals surface area contributed by atoms with Gasteiger partial charge in [0.2, 0.25) is 5.76 Å². The van der Waals surface area contributed by atoms with Gasteiger partial charge in [-0.15, -0.1) is 0 Å². The highest BCUT2D eigenvalue weighted by molar-refractivity contribution is 6.99. The molecule has 0 atom stereocenters. The van der Waals surface area contributed by atoms with Gasteiger partial charge in [-0.1, -0.05) is 118 Å². The molecule has 0 N–H and O–H groups in total. The second-order valence-electron chi connectivity index (χ2n) is 10.8. The van der Waals surface area contributed by atoms with Crippen LogP contribution >= 0.6 is 0 Å². The molecule has 0 radical (unpaired) electrons. The third kappa shape index (κ3) is 8.78. The van der Waals surface area contributed by atoms with Crippen LogP contribution in [-0.2, 0) is 30.0 Å². The average molecular weight is 559 g/mol. The number of esters is 1. The van der Waals surface area contributed by atoms with Crippen molar-refractivity contribution in [3.8, 4) is 0 Å². The van der Waals surface area contributed by atoms with Crippen LogP contribution in [-0.4, -0.2) is 40.2 Å². The monoisotopic (exact) mass is 558 g/mol. The van der Waals surface area contributed by atoms with E-state index in [9.17, 15) is 4.79 Å². The lowest BCUT2D eigenvalue weighted by molar-refractivity contribution is -0.146. The fourth-order valence-corrected chi connectivity index (χ4v) is 9.06. The van der Waals surface area contributed by atoms with E-state index in [2.05, 4.69) is 69.3 Å². The van der Waals surface area contributed by atoms with Crippen molar-refractivity contribution in [1.29, 1.82) is 0 Å². The van der Waals surface area contributed by atoms with Gasteiger partial charge in [0, 0.05) is 0 Å². The van der Waals surface area contributed by atoms with Gasteiger partial charge in [-0.25, -0.2) is 4.79 Å². The molecule has 0 aliphatic carbocycles. The van der Waals surface area contributed by atoms with Crippen molar-refractivity contribution in [1.82, 2.24) is 0 Å². The largest absolute Gasteiger partial charge is 0.482 e. The van der Waals surface area contributed by atoms with Crippen LogP contribution < -0.4 is 10.4 Å². The summed E-state index contributed by atoms with van der Waals surface area (Å²) in [4.78, 5) is 12.9. The topological polar surface area (TPSA) is 54.0 Å². The molecule has 0 aliphatic rings. The fraction of sp³-hybridized carbons (Fsp3) is 0.324. The number of carbonyl (C=O) groups excluding carboxylic acids is 1. The van der Waals surface area contributed by atoms with E-state index in [0.29, 0.717) is 13.2 Å². The zero-order valence-electron chi connectivity index (χ0n) is 24.3. The second kappa shape index (κ2) is 15.4. The van der Waals surface area contributed by atoms with Crippen LogP contribution in [0.2, 0.25) is 5.04 Å². The molecule has 0 fully saturated rings. The standard InChI is InChI=1S/C34H42O5Si/c1-28(2)39-33(35)32(37-25-16-15-24-36-27-29-17-9-6-10-18-29)23-26-38-40(34(3,4)5,30-19-11-7-12-20-30)31-21-13-8-14-22-31/h6-23,28H,24-27H2,1-5H3/b16-15+,32-23+. The van der Waals surface area contributed by atoms with E-state index < -0.39 is 14.3 Å². The molecule has 5 nitrogen and oxygen atoms in total. The first-order valence-electron chi connectivity index (χ1n) is 13.8. The predicted octanol–water partition coefficient (Wildman–Crippen LogP) is 6.19. The summed E-state index contributed by atoms with van der Waals surface area (Å²) in [5, 5.41) is 2.17. The highest BCUT2D eigenvalue weighted by Crippen LogP contribution is 2.36. The molecule has 0 aromatic heterocycles. The summed E-state index contributed by atoms with van der Waals surface area (Å²) in [5.74, 6) is -0.365. The van der Waals surface area contributed by atoms with Crippen molar-refractivity contribution in [2.75, 3.05) is 19.8 Å². The highest BCUT2D eigenvalue weighted by Gasteiger charge is 2.50. The molecular weight excluding hydrogens is 516 g/mol. The normalized spacial score (nSPS) is 12.6. The number of rotatable bonds is 14. The number of benzene rings is 3. The van der Waals surface area contributed by atoms with E-state index in [1.165, 1.54) is 10.4 Å². The van der Waals surface area contributed by atoms with E-state index in [1.54, 1.807) is 6.08 Å². The van der Waals surface area contributed by atoms with Gasteiger partial charge in [0.05, 0.1) is 25.9 Å². The lowest BCUT2D eigenvalue weighted by atomic mass is 10.2. The van der Waals surface area contributed by atoms with Gasteiger partial charge in [-0.3, -0.25) is 0 Å². The van der Waals surface area contributed by atoms with E-state index in [1.807, 2.05) is 68.5 Å². The van der Waals surface area contributed by atoms with Crippen molar-refractivity contribution in [3.63, 3.8) is 0 Å². The van der Waals surface area contributed by atoms with Crippen molar-refractivity contribution in [2.24, 2.45) is 0 Å². The number of hydrogen-bond acceptors (Lipinski definition) is 5. The molecule has 0 bridgehead atoms. The smallest absolute Gasteiger partial charge is 0.373 e. The van der Waals surface area contributed by atoms with Crippen LogP contribution in [0.4, 0.5) is 0 Å². The van der Waals surface area contributed by atoms with Crippen molar-refractivity contribution >= 4 is 24.7 Å². The fourth-order valence-electron chi connectivity index (χ4n) is 4.57. The summed E-state index contributed by atoms with van der Waals surface area (Å²) in [5.41, 5.74) is 1.12. The quantitative estimate of drug-likeness (QED) is 0.0590.